The van der Waals surface area contributed by atoms with Crippen LogP contribution in [0, 0.1) is 0 Å². The van der Waals surface area contributed by atoms with Crippen molar-refractivity contribution in [3.8, 4) is 11.5 Å². The van der Waals surface area contributed by atoms with E-state index in [9.17, 15) is 9.59 Å². The molecule has 0 atom stereocenters. The highest BCUT2D eigenvalue weighted by molar-refractivity contribution is 6.35. The maximum Gasteiger partial charge on any atom is 0.329 e. The monoisotopic (exact) mass is 335 g/mol. The number of nitrogens with one attached hydrogen (secondary N) is 2. The summed E-state index contributed by atoms with van der Waals surface area (Å²) in [4.78, 5) is 22.9. The van der Waals surface area contributed by atoms with Crippen molar-refractivity contribution in [1.29, 1.82) is 0 Å². The minimum absolute atomic E-state index is 0.246. The molecule has 2 N–H and O–H groups in total. The minimum atomic E-state index is -0.861. The van der Waals surface area contributed by atoms with Gasteiger partial charge >= 0.3 is 11.8 Å². The third-order valence-electron chi connectivity index (χ3n) is 2.72. The molecule has 0 saturated heterocycles. The number of hydrogen-bond acceptors (Lipinski definition) is 6. The number of methoxy groups -OCH3 is 2. The van der Waals surface area contributed by atoms with Crippen LogP contribution in [0.2, 0.25) is 0 Å². The van der Waals surface area contributed by atoms with Crippen LogP contribution in [0.25, 0.3) is 0 Å². The van der Waals surface area contributed by atoms with Crippen molar-refractivity contribution in [2.45, 2.75) is 0 Å². The van der Waals surface area contributed by atoms with Gasteiger partial charge in [0.25, 0.3) is 0 Å². The molecule has 0 bridgehead atoms. The maximum atomic E-state index is 11.5. The third kappa shape index (κ3) is 6.49. The second kappa shape index (κ2) is 10.8. The molecule has 0 aliphatic heterocycles. The van der Waals surface area contributed by atoms with E-state index in [1.54, 1.807) is 24.3 Å². The third-order valence-corrected chi connectivity index (χ3v) is 2.72. The lowest BCUT2D eigenvalue weighted by molar-refractivity contribution is -0.139. The predicted octanol–water partition coefficient (Wildman–Crippen LogP) is 0.473. The average molecular weight is 335 g/mol. The van der Waals surface area contributed by atoms with Gasteiger partial charge < -0.3 is 19.5 Å². The zero-order valence-corrected chi connectivity index (χ0v) is 13.7. The van der Waals surface area contributed by atoms with Crippen molar-refractivity contribution in [3.63, 3.8) is 0 Å². The highest BCUT2D eigenvalue weighted by Crippen LogP contribution is 2.27. The minimum Gasteiger partial charge on any atom is -0.493 e. The van der Waals surface area contributed by atoms with E-state index in [4.69, 9.17) is 14.2 Å². The fourth-order valence-corrected chi connectivity index (χ4v) is 1.60. The second-order valence-corrected chi connectivity index (χ2v) is 4.46. The van der Waals surface area contributed by atoms with Crippen molar-refractivity contribution >= 4 is 18.0 Å². The molecule has 130 valence electrons. The van der Waals surface area contributed by atoms with Gasteiger partial charge in [-0.2, -0.15) is 5.10 Å². The SMILES string of the molecule is C=CCOc1ccc(/C=N\NC(=O)C(=O)NCCOC)cc1OC. The number of amides is 2. The Morgan fingerprint density at radius 3 is 2.71 bits per heavy atom. The summed E-state index contributed by atoms with van der Waals surface area (Å²) in [6.45, 7) is 4.50. The normalized spacial score (nSPS) is 10.2. The van der Waals surface area contributed by atoms with Gasteiger partial charge in [-0.3, -0.25) is 9.59 Å². The number of benzene rings is 1. The molecular weight excluding hydrogens is 314 g/mol. The molecule has 0 aromatic heterocycles. The van der Waals surface area contributed by atoms with E-state index in [0.717, 1.165) is 0 Å². The molecular formula is C16H21N3O5. The number of nitrogens with zero attached hydrogens (tertiary/aromatic N) is 1. The lowest BCUT2D eigenvalue weighted by Gasteiger charge is -2.09. The zero-order chi connectivity index (χ0) is 17.8. The number of carbonyl (C=O) groups excluding carboxylic acids is 2. The Kier molecular flexibility index (Phi) is 8.62. The van der Waals surface area contributed by atoms with Crippen LogP contribution in [-0.2, 0) is 14.3 Å². The van der Waals surface area contributed by atoms with Crippen LogP contribution in [0.15, 0.2) is 36.0 Å². The fraction of sp³-hybridized carbons (Fsp3) is 0.312. The molecule has 1 aromatic carbocycles. The van der Waals surface area contributed by atoms with E-state index < -0.39 is 11.8 Å². The smallest absolute Gasteiger partial charge is 0.329 e. The van der Waals surface area contributed by atoms with Crippen LogP contribution in [0.5, 0.6) is 11.5 Å². The highest BCUT2D eigenvalue weighted by Gasteiger charge is 2.11. The zero-order valence-electron chi connectivity index (χ0n) is 13.7. The lowest BCUT2D eigenvalue weighted by atomic mass is 10.2. The Morgan fingerprint density at radius 1 is 1.25 bits per heavy atom. The van der Waals surface area contributed by atoms with Gasteiger partial charge in [0.2, 0.25) is 0 Å². The molecule has 0 spiro atoms. The number of hydrogen-bond donors (Lipinski definition) is 2. The first-order valence-electron chi connectivity index (χ1n) is 7.14. The van der Waals surface area contributed by atoms with Crippen molar-refractivity contribution in [2.75, 3.05) is 34.0 Å². The van der Waals surface area contributed by atoms with Crippen molar-refractivity contribution in [2.24, 2.45) is 5.10 Å². The van der Waals surface area contributed by atoms with E-state index in [-0.39, 0.29) is 6.54 Å². The quantitative estimate of drug-likeness (QED) is 0.225. The topological polar surface area (TPSA) is 98.2 Å². The largest absolute Gasteiger partial charge is 0.493 e. The van der Waals surface area contributed by atoms with Crippen LogP contribution in [-0.4, -0.2) is 52.0 Å². The van der Waals surface area contributed by atoms with E-state index in [0.29, 0.717) is 30.3 Å². The predicted molar refractivity (Wildman–Crippen MR) is 89.3 cm³/mol. The average Bonchev–Trinajstić information content (AvgIpc) is 2.60. The standard InChI is InChI=1S/C16H21N3O5/c1-4-8-24-13-6-5-12(10-14(13)23-3)11-18-19-16(21)15(20)17-7-9-22-2/h4-6,10-11H,1,7-9H2,2-3H3,(H,17,20)(H,19,21)/b18-11-. The Hall–Kier alpha value is -2.87. The summed E-state index contributed by atoms with van der Waals surface area (Å²) in [5, 5.41) is 6.11. The maximum absolute atomic E-state index is 11.5. The molecule has 0 radical (unpaired) electrons. The molecule has 24 heavy (non-hydrogen) atoms. The number of hydrazone groups is 1. The van der Waals surface area contributed by atoms with E-state index in [1.807, 2.05) is 0 Å². The summed E-state index contributed by atoms with van der Waals surface area (Å²) < 4.78 is 15.4. The van der Waals surface area contributed by atoms with Gasteiger partial charge in [-0.15, -0.1) is 0 Å². The first-order chi connectivity index (χ1) is 11.6. The number of rotatable bonds is 9. The van der Waals surface area contributed by atoms with Gasteiger partial charge in [0.1, 0.15) is 6.61 Å². The summed E-state index contributed by atoms with van der Waals surface area (Å²) >= 11 is 0. The molecule has 8 heteroatoms. The van der Waals surface area contributed by atoms with Gasteiger partial charge in [0.05, 0.1) is 19.9 Å². The highest BCUT2D eigenvalue weighted by atomic mass is 16.5. The Labute approximate surface area is 140 Å². The number of carbonyl (C=O) groups is 2. The Balaban J connectivity index is 2.59. The van der Waals surface area contributed by atoms with Gasteiger partial charge in [-0.1, -0.05) is 12.7 Å². The van der Waals surface area contributed by atoms with E-state index in [1.165, 1.54) is 20.4 Å². The van der Waals surface area contributed by atoms with Crippen LogP contribution >= 0.6 is 0 Å². The van der Waals surface area contributed by atoms with E-state index >= 15 is 0 Å². The van der Waals surface area contributed by atoms with Gasteiger partial charge in [-0.25, -0.2) is 5.43 Å². The van der Waals surface area contributed by atoms with Crippen LogP contribution in [0.3, 0.4) is 0 Å². The summed E-state index contributed by atoms with van der Waals surface area (Å²) in [5.74, 6) is -0.559. The number of ether oxygens (including phenoxy) is 3. The molecule has 0 heterocycles. The summed E-state index contributed by atoms with van der Waals surface area (Å²) in [6, 6.07) is 5.13. The summed E-state index contributed by atoms with van der Waals surface area (Å²) in [6.07, 6.45) is 3.02. The molecule has 0 aliphatic carbocycles. The second-order valence-electron chi connectivity index (χ2n) is 4.46. The van der Waals surface area contributed by atoms with Gasteiger partial charge in [0.15, 0.2) is 11.5 Å². The van der Waals surface area contributed by atoms with Crippen LogP contribution in [0.1, 0.15) is 5.56 Å². The Morgan fingerprint density at radius 2 is 2.04 bits per heavy atom. The van der Waals surface area contributed by atoms with Crippen LogP contribution in [0.4, 0.5) is 0 Å². The summed E-state index contributed by atoms with van der Waals surface area (Å²) in [5.41, 5.74) is 2.80. The molecule has 2 amide bonds. The molecule has 0 unspecified atom stereocenters. The molecule has 0 aliphatic rings. The summed E-state index contributed by atoms with van der Waals surface area (Å²) in [7, 11) is 3.02. The fourth-order valence-electron chi connectivity index (χ4n) is 1.60. The molecule has 1 aromatic rings. The van der Waals surface area contributed by atoms with Gasteiger partial charge in [-0.05, 0) is 23.8 Å². The van der Waals surface area contributed by atoms with Gasteiger partial charge in [0, 0.05) is 13.7 Å². The molecule has 1 rings (SSSR count). The van der Waals surface area contributed by atoms with Crippen molar-refractivity contribution in [3.05, 3.63) is 36.4 Å². The first kappa shape index (κ1) is 19.2. The molecule has 8 nitrogen and oxygen atoms in total. The Bertz CT molecular complexity index is 601. The first-order valence-corrected chi connectivity index (χ1v) is 7.14. The van der Waals surface area contributed by atoms with E-state index in [2.05, 4.69) is 22.4 Å². The van der Waals surface area contributed by atoms with Crippen molar-refractivity contribution < 1.29 is 23.8 Å². The molecule has 0 fully saturated rings. The van der Waals surface area contributed by atoms with Crippen molar-refractivity contribution in [1.82, 2.24) is 10.7 Å². The lowest BCUT2D eigenvalue weighted by Crippen LogP contribution is -2.39. The van der Waals surface area contributed by atoms with Crippen LogP contribution < -0.4 is 20.2 Å². The molecule has 0 saturated carbocycles.